The lowest BCUT2D eigenvalue weighted by atomic mass is 10.1. The second-order valence-corrected chi connectivity index (χ2v) is 8.33. The van der Waals surface area contributed by atoms with Gasteiger partial charge >= 0.3 is 0 Å². The molecule has 182 valence electrons. The van der Waals surface area contributed by atoms with Crippen molar-refractivity contribution in [3.8, 4) is 0 Å². The van der Waals surface area contributed by atoms with Crippen LogP contribution in [0.1, 0.15) is 74.6 Å². The number of rotatable bonds is 14. The van der Waals surface area contributed by atoms with E-state index < -0.39 is 40.6 Å². The topological polar surface area (TPSA) is 44.4 Å². The fourth-order valence-corrected chi connectivity index (χ4v) is 3.90. The Hall–Kier alpha value is -1.74. The van der Waals surface area contributed by atoms with Gasteiger partial charge in [0.05, 0.1) is 0 Å². The van der Waals surface area contributed by atoms with Crippen molar-refractivity contribution in [1.29, 1.82) is 0 Å². The van der Waals surface area contributed by atoms with E-state index in [0.717, 1.165) is 51.9 Å². The van der Waals surface area contributed by atoms with Crippen molar-refractivity contribution in [3.63, 3.8) is 0 Å². The van der Waals surface area contributed by atoms with E-state index in [-0.39, 0.29) is 6.54 Å². The summed E-state index contributed by atoms with van der Waals surface area (Å²) in [5, 5.41) is 5.59. The summed E-state index contributed by atoms with van der Waals surface area (Å²) < 4.78 is 66.6. The van der Waals surface area contributed by atoms with Crippen molar-refractivity contribution in [2.24, 2.45) is 0 Å². The summed E-state index contributed by atoms with van der Waals surface area (Å²) in [6, 6.07) is 0. The molecule has 0 unspecified atom stereocenters. The van der Waals surface area contributed by atoms with Crippen LogP contribution in [0.4, 0.5) is 22.0 Å². The zero-order valence-corrected chi connectivity index (χ0v) is 18.6. The molecular formula is C23H34F5N3O. The van der Waals surface area contributed by atoms with Gasteiger partial charge in [0.25, 0.3) is 5.91 Å². The summed E-state index contributed by atoms with van der Waals surface area (Å²) in [5.41, 5.74) is -1.44. The SMILES string of the molecule is O=C(NCCCCCCCCCCCCN1CCNCC1)c1c(F)c(F)c(F)c(F)c1F. The number of hydrogen-bond acceptors (Lipinski definition) is 3. The third kappa shape index (κ3) is 8.31. The fourth-order valence-electron chi connectivity index (χ4n) is 3.90. The number of halogens is 5. The molecule has 32 heavy (non-hydrogen) atoms. The van der Waals surface area contributed by atoms with Gasteiger partial charge in [0, 0.05) is 32.7 Å². The summed E-state index contributed by atoms with van der Waals surface area (Å²) >= 11 is 0. The Kier molecular flexibility index (Phi) is 11.9. The van der Waals surface area contributed by atoms with Crippen LogP contribution in [-0.4, -0.2) is 50.1 Å². The maximum atomic E-state index is 13.6. The first-order valence-electron chi connectivity index (χ1n) is 11.7. The predicted molar refractivity (Wildman–Crippen MR) is 114 cm³/mol. The number of carbonyl (C=O) groups excluding carboxylic acids is 1. The first-order chi connectivity index (χ1) is 15.4. The van der Waals surface area contributed by atoms with E-state index in [1.807, 2.05) is 0 Å². The molecule has 2 rings (SSSR count). The van der Waals surface area contributed by atoms with E-state index in [0.29, 0.717) is 6.42 Å². The van der Waals surface area contributed by atoms with Crippen LogP contribution in [-0.2, 0) is 0 Å². The maximum absolute atomic E-state index is 13.6. The molecule has 1 aliphatic rings. The third-order valence-electron chi connectivity index (χ3n) is 5.83. The molecule has 0 radical (unpaired) electrons. The highest BCUT2D eigenvalue weighted by Gasteiger charge is 2.29. The van der Waals surface area contributed by atoms with Gasteiger partial charge in [-0.1, -0.05) is 51.4 Å². The molecular weight excluding hydrogens is 429 g/mol. The molecule has 0 bridgehead atoms. The van der Waals surface area contributed by atoms with E-state index >= 15 is 0 Å². The largest absolute Gasteiger partial charge is 0.352 e. The monoisotopic (exact) mass is 463 g/mol. The van der Waals surface area contributed by atoms with Crippen LogP contribution >= 0.6 is 0 Å². The van der Waals surface area contributed by atoms with Crippen LogP contribution in [0.25, 0.3) is 0 Å². The van der Waals surface area contributed by atoms with Gasteiger partial charge in [-0.3, -0.25) is 4.79 Å². The highest BCUT2D eigenvalue weighted by Crippen LogP contribution is 2.23. The van der Waals surface area contributed by atoms with Crippen molar-refractivity contribution in [1.82, 2.24) is 15.5 Å². The minimum absolute atomic E-state index is 0.116. The lowest BCUT2D eigenvalue weighted by molar-refractivity contribution is 0.0941. The Labute approximate surface area is 186 Å². The van der Waals surface area contributed by atoms with Gasteiger partial charge < -0.3 is 15.5 Å². The second-order valence-electron chi connectivity index (χ2n) is 8.33. The van der Waals surface area contributed by atoms with Gasteiger partial charge in [-0.15, -0.1) is 0 Å². The highest BCUT2D eigenvalue weighted by atomic mass is 19.2. The third-order valence-corrected chi connectivity index (χ3v) is 5.83. The minimum atomic E-state index is -2.27. The van der Waals surface area contributed by atoms with E-state index in [1.54, 1.807) is 0 Å². The minimum Gasteiger partial charge on any atom is -0.352 e. The van der Waals surface area contributed by atoms with E-state index in [4.69, 9.17) is 0 Å². The molecule has 0 aliphatic carbocycles. The number of carbonyl (C=O) groups is 1. The molecule has 1 fully saturated rings. The standard InChI is InChI=1S/C23H34F5N3O/c24-18-17(19(25)21(27)22(28)20(18)26)23(32)30-11-9-7-5-3-1-2-4-6-8-10-14-31-15-12-29-13-16-31/h29H,1-16H2,(H,30,32). The molecule has 1 aromatic rings. The van der Waals surface area contributed by atoms with Crippen LogP contribution in [0.3, 0.4) is 0 Å². The number of hydrogen-bond donors (Lipinski definition) is 2. The number of amides is 1. The molecule has 1 heterocycles. The van der Waals surface area contributed by atoms with Gasteiger partial charge in [0.2, 0.25) is 5.82 Å². The Balaban J connectivity index is 1.46. The molecule has 1 aliphatic heterocycles. The molecule has 0 spiro atoms. The summed E-state index contributed by atoms with van der Waals surface area (Å²) in [5.74, 6) is -12.0. The first kappa shape index (κ1) is 26.5. The summed E-state index contributed by atoms with van der Waals surface area (Å²) in [4.78, 5) is 14.3. The van der Waals surface area contributed by atoms with Gasteiger partial charge in [-0.05, 0) is 19.4 Å². The number of nitrogens with zero attached hydrogens (tertiary/aromatic N) is 1. The van der Waals surface area contributed by atoms with Gasteiger partial charge in [-0.25, -0.2) is 22.0 Å². The first-order valence-corrected chi connectivity index (χ1v) is 11.7. The lowest BCUT2D eigenvalue weighted by Gasteiger charge is -2.27. The molecule has 2 N–H and O–H groups in total. The van der Waals surface area contributed by atoms with Crippen molar-refractivity contribution in [2.45, 2.75) is 64.2 Å². The highest BCUT2D eigenvalue weighted by molar-refractivity contribution is 5.94. The molecule has 1 amide bonds. The second kappa shape index (κ2) is 14.4. The molecule has 9 heteroatoms. The van der Waals surface area contributed by atoms with Crippen molar-refractivity contribution < 1.29 is 26.7 Å². The van der Waals surface area contributed by atoms with Crippen molar-refractivity contribution in [2.75, 3.05) is 39.3 Å². The Morgan fingerprint density at radius 3 is 1.66 bits per heavy atom. The zero-order chi connectivity index (χ0) is 23.3. The fraction of sp³-hybridized carbons (Fsp3) is 0.696. The lowest BCUT2D eigenvalue weighted by Crippen LogP contribution is -2.43. The molecule has 1 aromatic carbocycles. The van der Waals surface area contributed by atoms with Gasteiger partial charge in [0.15, 0.2) is 23.3 Å². The smallest absolute Gasteiger partial charge is 0.257 e. The van der Waals surface area contributed by atoms with Crippen LogP contribution in [0, 0.1) is 29.1 Å². The van der Waals surface area contributed by atoms with Crippen LogP contribution in [0.5, 0.6) is 0 Å². The average Bonchev–Trinajstić information content (AvgIpc) is 2.80. The molecule has 0 saturated carbocycles. The quantitative estimate of drug-likeness (QED) is 0.178. The molecule has 0 atom stereocenters. The molecule has 0 aromatic heterocycles. The van der Waals surface area contributed by atoms with E-state index in [2.05, 4.69) is 15.5 Å². The van der Waals surface area contributed by atoms with Gasteiger partial charge in [0.1, 0.15) is 5.56 Å². The Morgan fingerprint density at radius 2 is 1.12 bits per heavy atom. The van der Waals surface area contributed by atoms with Crippen LogP contribution < -0.4 is 10.6 Å². The summed E-state index contributed by atoms with van der Waals surface area (Å²) in [6.45, 7) is 5.81. The Morgan fingerprint density at radius 1 is 0.688 bits per heavy atom. The van der Waals surface area contributed by atoms with Crippen LogP contribution in [0.15, 0.2) is 0 Å². The van der Waals surface area contributed by atoms with Crippen LogP contribution in [0.2, 0.25) is 0 Å². The summed E-state index contributed by atoms with van der Waals surface area (Å²) in [6.07, 6.45) is 10.8. The van der Waals surface area contributed by atoms with E-state index in [1.165, 1.54) is 38.6 Å². The van der Waals surface area contributed by atoms with E-state index in [9.17, 15) is 26.7 Å². The summed E-state index contributed by atoms with van der Waals surface area (Å²) in [7, 11) is 0. The van der Waals surface area contributed by atoms with Gasteiger partial charge in [-0.2, -0.15) is 0 Å². The number of nitrogens with one attached hydrogen (secondary N) is 2. The van der Waals surface area contributed by atoms with Crippen molar-refractivity contribution >= 4 is 5.91 Å². The number of unbranched alkanes of at least 4 members (excludes halogenated alkanes) is 9. The molecule has 1 saturated heterocycles. The Bertz CT molecular complexity index is 697. The number of piperazine rings is 1. The zero-order valence-electron chi connectivity index (χ0n) is 18.6. The maximum Gasteiger partial charge on any atom is 0.257 e. The number of benzene rings is 1. The normalized spacial score (nSPS) is 14.7. The molecule has 4 nitrogen and oxygen atoms in total. The van der Waals surface area contributed by atoms with Crippen molar-refractivity contribution in [3.05, 3.63) is 34.6 Å². The predicted octanol–water partition coefficient (Wildman–Crippen LogP) is 4.92. The average molecular weight is 464 g/mol.